The van der Waals surface area contributed by atoms with Gasteiger partial charge in [-0.15, -0.1) is 11.3 Å². The SMILES string of the molecule is CCC(C)N(C)c1nc(NC)nc2sc(C)cc12. The quantitative estimate of drug-likeness (QED) is 0.920. The fraction of sp³-hybridized carbons (Fsp3) is 0.538. The molecule has 4 nitrogen and oxygen atoms in total. The molecule has 2 aromatic heterocycles. The molecule has 98 valence electrons. The fourth-order valence-corrected chi connectivity index (χ4v) is 2.76. The Morgan fingerprint density at radius 3 is 2.78 bits per heavy atom. The van der Waals surface area contributed by atoms with Gasteiger partial charge in [0.2, 0.25) is 5.95 Å². The molecule has 1 N–H and O–H groups in total. The van der Waals surface area contributed by atoms with Crippen molar-refractivity contribution in [2.24, 2.45) is 0 Å². The van der Waals surface area contributed by atoms with Crippen LogP contribution in [0.3, 0.4) is 0 Å². The molecule has 2 aromatic rings. The maximum Gasteiger partial charge on any atom is 0.225 e. The predicted octanol–water partition coefficient (Wildman–Crippen LogP) is 3.28. The van der Waals surface area contributed by atoms with Crippen LogP contribution in [0, 0.1) is 6.92 Å². The molecule has 0 radical (unpaired) electrons. The minimum absolute atomic E-state index is 0.466. The van der Waals surface area contributed by atoms with E-state index in [9.17, 15) is 0 Å². The highest BCUT2D eigenvalue weighted by atomic mass is 32.1. The Kier molecular flexibility index (Phi) is 3.71. The lowest BCUT2D eigenvalue weighted by molar-refractivity contribution is 0.659. The monoisotopic (exact) mass is 264 g/mol. The van der Waals surface area contributed by atoms with Crippen molar-refractivity contribution in [3.63, 3.8) is 0 Å². The molecule has 0 bridgehead atoms. The molecule has 0 aromatic carbocycles. The van der Waals surface area contributed by atoms with Crippen LogP contribution in [0.15, 0.2) is 6.07 Å². The molecule has 0 aliphatic heterocycles. The van der Waals surface area contributed by atoms with Gasteiger partial charge in [0, 0.05) is 25.0 Å². The van der Waals surface area contributed by atoms with Gasteiger partial charge in [-0.3, -0.25) is 0 Å². The number of aryl methyl sites for hydroxylation is 1. The molecule has 0 amide bonds. The molecule has 2 rings (SSSR count). The summed E-state index contributed by atoms with van der Waals surface area (Å²) in [5.41, 5.74) is 0. The van der Waals surface area contributed by atoms with Gasteiger partial charge in [-0.25, -0.2) is 4.98 Å². The lowest BCUT2D eigenvalue weighted by Gasteiger charge is -2.25. The standard InChI is InChI=1S/C13H20N4S/c1-6-8(2)17(5)11-10-7-9(3)18-12(10)16-13(14-4)15-11/h7-8H,6H2,1-5H3,(H,14,15,16). The third-order valence-corrected chi connectivity index (χ3v) is 4.25. The van der Waals surface area contributed by atoms with Crippen LogP contribution in [-0.4, -0.2) is 30.1 Å². The second-order valence-corrected chi connectivity index (χ2v) is 5.80. The topological polar surface area (TPSA) is 41.1 Å². The average Bonchev–Trinajstić information content (AvgIpc) is 2.75. The van der Waals surface area contributed by atoms with Crippen LogP contribution in [-0.2, 0) is 0 Å². The van der Waals surface area contributed by atoms with Crippen LogP contribution in [0.4, 0.5) is 11.8 Å². The van der Waals surface area contributed by atoms with E-state index < -0.39 is 0 Å². The van der Waals surface area contributed by atoms with Crippen LogP contribution in [0.25, 0.3) is 10.2 Å². The molecule has 18 heavy (non-hydrogen) atoms. The van der Waals surface area contributed by atoms with Gasteiger partial charge in [-0.05, 0) is 26.3 Å². The normalized spacial score (nSPS) is 12.7. The molecule has 0 aliphatic rings. The van der Waals surface area contributed by atoms with E-state index in [1.165, 1.54) is 4.88 Å². The first-order valence-corrected chi connectivity index (χ1v) is 7.07. The van der Waals surface area contributed by atoms with Crippen LogP contribution in [0.5, 0.6) is 0 Å². The third-order valence-electron chi connectivity index (χ3n) is 3.31. The average molecular weight is 264 g/mol. The number of anilines is 2. The summed E-state index contributed by atoms with van der Waals surface area (Å²) in [5.74, 6) is 1.71. The molecule has 5 heteroatoms. The number of fused-ring (bicyclic) bond motifs is 1. The van der Waals surface area contributed by atoms with Crippen LogP contribution < -0.4 is 10.2 Å². The summed E-state index contributed by atoms with van der Waals surface area (Å²) < 4.78 is 0. The summed E-state index contributed by atoms with van der Waals surface area (Å²) >= 11 is 1.71. The van der Waals surface area contributed by atoms with Crippen LogP contribution in [0.1, 0.15) is 25.1 Å². The van der Waals surface area contributed by atoms with Crippen molar-refractivity contribution in [2.45, 2.75) is 33.2 Å². The Bertz CT molecular complexity index is 549. The van der Waals surface area contributed by atoms with Crippen molar-refractivity contribution in [1.29, 1.82) is 0 Å². The van der Waals surface area contributed by atoms with Gasteiger partial charge in [-0.1, -0.05) is 6.92 Å². The van der Waals surface area contributed by atoms with Crippen molar-refractivity contribution in [1.82, 2.24) is 9.97 Å². The zero-order chi connectivity index (χ0) is 13.3. The Labute approximate surface area is 112 Å². The number of nitrogens with one attached hydrogen (secondary N) is 1. The van der Waals surface area contributed by atoms with E-state index in [1.54, 1.807) is 11.3 Å². The number of hydrogen-bond acceptors (Lipinski definition) is 5. The van der Waals surface area contributed by atoms with E-state index in [1.807, 2.05) is 7.05 Å². The highest BCUT2D eigenvalue weighted by Crippen LogP contribution is 2.32. The molecule has 2 heterocycles. The number of aromatic nitrogens is 2. The summed E-state index contributed by atoms with van der Waals surface area (Å²) in [5, 5.41) is 4.19. The highest BCUT2D eigenvalue weighted by molar-refractivity contribution is 7.18. The van der Waals surface area contributed by atoms with E-state index in [-0.39, 0.29) is 0 Å². The van der Waals surface area contributed by atoms with Gasteiger partial charge in [0.15, 0.2) is 0 Å². The molecule has 0 spiro atoms. The Morgan fingerprint density at radius 2 is 2.17 bits per heavy atom. The predicted molar refractivity (Wildman–Crippen MR) is 79.9 cm³/mol. The van der Waals surface area contributed by atoms with E-state index >= 15 is 0 Å². The van der Waals surface area contributed by atoms with Crippen molar-refractivity contribution < 1.29 is 0 Å². The van der Waals surface area contributed by atoms with Crippen molar-refractivity contribution in [3.05, 3.63) is 10.9 Å². The van der Waals surface area contributed by atoms with Gasteiger partial charge < -0.3 is 10.2 Å². The van der Waals surface area contributed by atoms with Gasteiger partial charge in [0.05, 0.1) is 5.39 Å². The van der Waals surface area contributed by atoms with Crippen LogP contribution >= 0.6 is 11.3 Å². The van der Waals surface area contributed by atoms with Gasteiger partial charge in [-0.2, -0.15) is 4.98 Å². The first-order valence-electron chi connectivity index (χ1n) is 6.25. The summed E-state index contributed by atoms with van der Waals surface area (Å²) in [6.07, 6.45) is 1.10. The lowest BCUT2D eigenvalue weighted by Crippen LogP contribution is -2.29. The van der Waals surface area contributed by atoms with E-state index in [0.717, 1.165) is 22.5 Å². The Balaban J connectivity index is 2.59. The molecule has 0 fully saturated rings. The minimum atomic E-state index is 0.466. The van der Waals surface area contributed by atoms with Gasteiger partial charge in [0.25, 0.3) is 0 Å². The van der Waals surface area contributed by atoms with Gasteiger partial charge >= 0.3 is 0 Å². The largest absolute Gasteiger partial charge is 0.357 e. The van der Waals surface area contributed by atoms with Crippen molar-refractivity contribution >= 4 is 33.3 Å². The summed E-state index contributed by atoms with van der Waals surface area (Å²) in [7, 11) is 3.96. The maximum absolute atomic E-state index is 4.61. The second-order valence-electron chi connectivity index (χ2n) is 4.56. The Morgan fingerprint density at radius 1 is 1.44 bits per heavy atom. The van der Waals surface area contributed by atoms with E-state index in [0.29, 0.717) is 12.0 Å². The second kappa shape index (κ2) is 5.10. The van der Waals surface area contributed by atoms with Crippen molar-refractivity contribution in [2.75, 3.05) is 24.3 Å². The zero-order valence-corrected chi connectivity index (χ0v) is 12.4. The first-order chi connectivity index (χ1) is 8.56. The number of rotatable bonds is 4. The fourth-order valence-electron chi connectivity index (χ4n) is 1.89. The Hall–Kier alpha value is -1.36. The molecular formula is C13H20N4S. The molecule has 0 saturated heterocycles. The van der Waals surface area contributed by atoms with E-state index in [4.69, 9.17) is 0 Å². The molecule has 1 unspecified atom stereocenters. The third kappa shape index (κ3) is 2.27. The molecule has 0 aliphatic carbocycles. The molecular weight excluding hydrogens is 244 g/mol. The zero-order valence-electron chi connectivity index (χ0n) is 11.6. The van der Waals surface area contributed by atoms with Crippen molar-refractivity contribution in [3.8, 4) is 0 Å². The summed E-state index contributed by atoms with van der Waals surface area (Å²) in [6.45, 7) is 6.52. The number of thiophene rings is 1. The maximum atomic E-state index is 4.61. The number of nitrogens with zero attached hydrogens (tertiary/aromatic N) is 3. The molecule has 0 saturated carbocycles. The summed E-state index contributed by atoms with van der Waals surface area (Å²) in [6, 6.07) is 2.64. The molecule has 1 atom stereocenters. The summed E-state index contributed by atoms with van der Waals surface area (Å²) in [4.78, 5) is 13.7. The van der Waals surface area contributed by atoms with E-state index in [2.05, 4.69) is 54.1 Å². The lowest BCUT2D eigenvalue weighted by atomic mass is 10.2. The minimum Gasteiger partial charge on any atom is -0.357 e. The first kappa shape index (κ1) is 13.1. The van der Waals surface area contributed by atoms with Gasteiger partial charge in [0.1, 0.15) is 10.6 Å². The smallest absolute Gasteiger partial charge is 0.225 e. The van der Waals surface area contributed by atoms with Crippen LogP contribution in [0.2, 0.25) is 0 Å². The number of hydrogen-bond donors (Lipinski definition) is 1. The highest BCUT2D eigenvalue weighted by Gasteiger charge is 2.16.